The van der Waals surface area contributed by atoms with Crippen LogP contribution in [0, 0.1) is 0 Å². The summed E-state index contributed by atoms with van der Waals surface area (Å²) in [5.74, 6) is -1.16. The van der Waals surface area contributed by atoms with Crippen LogP contribution in [0.15, 0.2) is 364 Å². The zero-order valence-electron chi connectivity index (χ0n) is 80.9. The molecule has 24 nitrogen and oxygen atoms in total. The Hall–Kier alpha value is -10.8. The first kappa shape index (κ1) is 102. The first-order chi connectivity index (χ1) is 70.7. The van der Waals surface area contributed by atoms with Gasteiger partial charge < -0.3 is 110 Å². The summed E-state index contributed by atoms with van der Waals surface area (Å²) in [5, 5.41) is 3.31. The maximum absolute atomic E-state index is 14.7. The van der Waals surface area contributed by atoms with E-state index in [2.05, 4.69) is 5.32 Å². The lowest BCUT2D eigenvalue weighted by molar-refractivity contribution is -0.376. The van der Waals surface area contributed by atoms with Crippen molar-refractivity contribution in [3.05, 3.63) is 431 Å². The summed E-state index contributed by atoms with van der Waals surface area (Å²) in [6, 6.07) is 118. The Morgan fingerprint density at radius 3 is 0.776 bits per heavy atom. The Morgan fingerprint density at radius 1 is 0.252 bits per heavy atom. The third kappa shape index (κ3) is 29.8. The number of amides is 1. The van der Waals surface area contributed by atoms with Crippen LogP contribution in [0.3, 0.4) is 0 Å². The Balaban J connectivity index is 0.748. The molecule has 1 aliphatic carbocycles. The van der Waals surface area contributed by atoms with Crippen LogP contribution in [0.1, 0.15) is 106 Å². The van der Waals surface area contributed by atoms with Crippen molar-refractivity contribution < 1.29 is 109 Å². The molecule has 1 saturated carbocycles. The second-order valence-corrected chi connectivity index (χ2v) is 37.1. The molecule has 6 fully saturated rings. The Kier molecular flexibility index (Phi) is 38.5. The average Bonchev–Trinajstić information content (AvgIpc) is 1.18. The van der Waals surface area contributed by atoms with Gasteiger partial charge in [0.15, 0.2) is 30.9 Å². The molecule has 6 aliphatic rings. The van der Waals surface area contributed by atoms with Gasteiger partial charge in [-0.15, -0.1) is 0 Å². The van der Waals surface area contributed by atoms with E-state index < -0.39 is 141 Å². The molecule has 0 bridgehead atoms. The first-order valence-corrected chi connectivity index (χ1v) is 50.2. The average molecular weight is 1940 g/mol. The molecule has 24 heteroatoms. The largest absolute Gasteiger partial charge is 0.374 e. The lowest BCUT2D eigenvalue weighted by Crippen LogP contribution is -2.69. The Bertz CT molecular complexity index is 5580. The Labute approximate surface area is 838 Å². The van der Waals surface area contributed by atoms with Crippen molar-refractivity contribution in [2.45, 2.75) is 253 Å². The number of nitrogens with one attached hydrogen (secondary N) is 1. The van der Waals surface area contributed by atoms with Crippen molar-refractivity contribution in [3.8, 4) is 0 Å². The van der Waals surface area contributed by atoms with E-state index in [0.717, 1.165) is 98.9 Å². The minimum Gasteiger partial charge on any atom is -0.374 e. The van der Waals surface area contributed by atoms with Crippen LogP contribution in [-0.2, 0) is 188 Å². The first-order valence-electron chi connectivity index (χ1n) is 50.2. The normalized spacial score (nSPS) is 26.4. The number of ether oxygens (including phenoxy) is 22. The van der Waals surface area contributed by atoms with Crippen LogP contribution in [0.5, 0.6) is 0 Å². The molecule has 0 unspecified atom stereocenters. The molecule has 5 heterocycles. The van der Waals surface area contributed by atoms with E-state index in [1.165, 1.54) is 6.92 Å². The summed E-state index contributed by atoms with van der Waals surface area (Å²) in [6.45, 7) is 2.90. The van der Waals surface area contributed by atoms with E-state index in [1.807, 2.05) is 364 Å². The van der Waals surface area contributed by atoms with E-state index >= 15 is 0 Å². The predicted octanol–water partition coefficient (Wildman–Crippen LogP) is 19.2. The van der Waals surface area contributed by atoms with E-state index in [1.54, 1.807) is 0 Å². The van der Waals surface area contributed by atoms with Gasteiger partial charge in [-0.3, -0.25) is 4.79 Å². The highest BCUT2D eigenvalue weighted by molar-refractivity contribution is 5.73. The fourth-order valence-electron chi connectivity index (χ4n) is 19.2. The van der Waals surface area contributed by atoms with Crippen LogP contribution in [0.4, 0.5) is 0 Å². The van der Waals surface area contributed by atoms with E-state index in [-0.39, 0.29) is 119 Å². The zero-order chi connectivity index (χ0) is 97.1. The minimum absolute atomic E-state index is 0.0184. The Morgan fingerprint density at radius 2 is 0.483 bits per heavy atom. The highest BCUT2D eigenvalue weighted by Gasteiger charge is 2.58. The maximum Gasteiger partial charge on any atom is 0.217 e. The quantitative estimate of drug-likeness (QED) is 0.0373. The molecule has 0 radical (unpaired) electrons. The third-order valence-corrected chi connectivity index (χ3v) is 26.5. The number of carbonyl (C=O) groups excluding carboxylic acids is 1. The van der Waals surface area contributed by atoms with Crippen LogP contribution in [0.2, 0.25) is 0 Å². The van der Waals surface area contributed by atoms with Crippen LogP contribution in [0.25, 0.3) is 0 Å². The van der Waals surface area contributed by atoms with E-state index in [0.29, 0.717) is 0 Å². The SMILES string of the molecule is CC(=O)N[C@H]1[C@H](O[C@H]2[C@@H](OC[C@H]3COC4(CCCCC4)O3)O[C@H](COCc3ccccc3)[C@@H](OCc3ccccc3)[C@@H]2OCc2ccccc2)O[C@H](CO[C@@H]2O[C@H](CO[C@H]3O[C@H](COCc4ccccc4)[C@H](OCc4ccccc4)[C@H](OCc4ccccc4)[C@H]3OCc3ccccc3)[C@H](OCc3ccccc3)[C@H](OCc3ccccc3)[C@H]2OCc2ccccc2)[C@H](OCc2ccccc2)[C@@H]1OCc1ccccc1. The highest BCUT2D eigenvalue weighted by atomic mass is 16.8. The zero-order valence-corrected chi connectivity index (χ0v) is 80.9. The highest BCUT2D eigenvalue weighted by Crippen LogP contribution is 2.43. The van der Waals surface area contributed by atoms with Crippen LogP contribution in [-0.4, -0.2) is 180 Å². The molecule has 18 rings (SSSR count). The molecule has 1 amide bonds. The third-order valence-electron chi connectivity index (χ3n) is 26.5. The number of hydrogen-bond donors (Lipinski definition) is 1. The summed E-state index contributed by atoms with van der Waals surface area (Å²) < 4.78 is 162. The van der Waals surface area contributed by atoms with Crippen molar-refractivity contribution >= 4 is 5.91 Å². The maximum atomic E-state index is 14.7. The number of hydrogen-bond acceptors (Lipinski definition) is 23. The van der Waals surface area contributed by atoms with Gasteiger partial charge in [-0.2, -0.15) is 0 Å². The number of rotatable bonds is 50. The smallest absolute Gasteiger partial charge is 0.217 e. The van der Waals surface area contributed by atoms with Crippen molar-refractivity contribution in [3.63, 3.8) is 0 Å². The van der Waals surface area contributed by atoms with Gasteiger partial charge in [-0.25, -0.2) is 0 Å². The molecule has 12 aromatic rings. The lowest BCUT2D eigenvalue weighted by Gasteiger charge is -2.51. The van der Waals surface area contributed by atoms with Gasteiger partial charge in [-0.05, 0) is 79.6 Å². The van der Waals surface area contributed by atoms with Crippen molar-refractivity contribution in [2.24, 2.45) is 0 Å². The topological polar surface area (TPSA) is 232 Å². The van der Waals surface area contributed by atoms with Crippen molar-refractivity contribution in [1.29, 1.82) is 0 Å². The fourth-order valence-corrected chi connectivity index (χ4v) is 19.2. The molecule has 1 N–H and O–H groups in total. The fraction of sp³-hybridized carbons (Fsp3) is 0.387. The van der Waals surface area contributed by atoms with Crippen molar-refractivity contribution in [1.82, 2.24) is 5.32 Å². The molecule has 12 aromatic carbocycles. The van der Waals surface area contributed by atoms with E-state index in [4.69, 9.17) is 104 Å². The summed E-state index contributed by atoms with van der Waals surface area (Å²) in [4.78, 5) is 14.7. The predicted molar refractivity (Wildman–Crippen MR) is 534 cm³/mol. The molecule has 5 saturated heterocycles. The summed E-state index contributed by atoms with van der Waals surface area (Å²) in [7, 11) is 0. The molecule has 143 heavy (non-hydrogen) atoms. The van der Waals surface area contributed by atoms with Crippen LogP contribution < -0.4 is 5.32 Å². The van der Waals surface area contributed by atoms with Gasteiger partial charge in [0, 0.05) is 19.8 Å². The van der Waals surface area contributed by atoms with Gasteiger partial charge in [0.1, 0.15) is 104 Å². The second kappa shape index (κ2) is 53.9. The van der Waals surface area contributed by atoms with Gasteiger partial charge in [-0.1, -0.05) is 370 Å². The standard InChI is InChI=1S/C119H131NO23/c1-85(121)120-103-108(128-73-92-53-27-8-28-54-92)104(124-69-88-45-19-4-20-46-88)101(138-115(103)142-114-111(131-76-95-59-33-11-34-60-95)106(126-71-90-49-23-6-24-50-90)100(82-123-68-87-43-17-3-18-44-87)140-118(114)134-79-98-80-137-119(143-98)65-39-14-40-66-119)83-135-117-113(133-78-97-63-37-13-38-64-97)110(130-75-94-57-31-10-32-58-94)107(127-72-91-51-25-7-26-52-91)102(141-117)84-136-116-112(132-77-96-61-35-12-36-62-96)109(129-74-93-55-29-9-30-56-93)105(125-70-89-47-21-5-22-48-89)99(139-116)81-122-67-86-41-15-2-16-42-86/h2-13,15-38,41-64,98-118H,14,39-40,65-84H2,1H3,(H,120,121)/t98-,99+,100+,101+,102+,103+,104-,105-,106+,107-,108+,109-,110-,111-,112+,113+,114+,115-,116-,117+,118-/m0/s1. The molecule has 0 aromatic heterocycles. The summed E-state index contributed by atoms with van der Waals surface area (Å²) in [5.41, 5.74) is 10.8. The number of carbonyl (C=O) groups is 1. The van der Waals surface area contributed by atoms with Gasteiger partial charge in [0.05, 0.1) is 119 Å². The van der Waals surface area contributed by atoms with Gasteiger partial charge >= 0.3 is 0 Å². The lowest BCUT2D eigenvalue weighted by atomic mass is 9.94. The van der Waals surface area contributed by atoms with Gasteiger partial charge in [0.25, 0.3) is 0 Å². The van der Waals surface area contributed by atoms with Gasteiger partial charge in [0.2, 0.25) is 5.91 Å². The monoisotopic (exact) mass is 1940 g/mol. The molecular weight excluding hydrogens is 1810 g/mol. The molecule has 5 aliphatic heterocycles. The molecule has 750 valence electrons. The minimum atomic E-state index is -1.50. The van der Waals surface area contributed by atoms with Crippen LogP contribution >= 0.6 is 0 Å². The van der Waals surface area contributed by atoms with E-state index in [9.17, 15) is 4.79 Å². The molecular formula is C119H131NO23. The second-order valence-electron chi connectivity index (χ2n) is 37.1. The summed E-state index contributed by atoms with van der Waals surface area (Å²) in [6.07, 6.45) is -16.7. The molecule has 1 spiro atoms. The summed E-state index contributed by atoms with van der Waals surface area (Å²) >= 11 is 0. The molecule has 21 atom stereocenters. The van der Waals surface area contributed by atoms with Crippen molar-refractivity contribution in [2.75, 3.05) is 39.6 Å². The number of benzene rings is 12.